The van der Waals surface area contributed by atoms with Gasteiger partial charge >= 0.3 is 6.01 Å². The molecule has 2 fully saturated rings. The molecule has 39 heavy (non-hydrogen) atoms. The standard InChI is InChI=1S/C31H43N7O/c1-21-16-22(2)29-23(17-21)6-4-8-28(29)37-14-10-26-27(19-37)34-31(39-20-25-7-5-13-36(25)3)35-30(26)38-15-12-33-24(18-38)9-11-32/h4,6,8,21-22,24-25,33H,5,7,9-10,12-20H2,1-3H3/t21?,22?,24-,25-/m0/s1. The minimum absolute atomic E-state index is 0.158. The quantitative estimate of drug-likeness (QED) is 0.604. The summed E-state index contributed by atoms with van der Waals surface area (Å²) in [6.45, 7) is 10.8. The van der Waals surface area contributed by atoms with E-state index in [2.05, 4.69) is 65.2 Å². The molecule has 6 rings (SSSR count). The Labute approximate surface area is 233 Å². The first kappa shape index (κ1) is 26.3. The van der Waals surface area contributed by atoms with Gasteiger partial charge in [0.25, 0.3) is 0 Å². The van der Waals surface area contributed by atoms with Gasteiger partial charge in [0.1, 0.15) is 12.4 Å². The minimum atomic E-state index is 0.158. The van der Waals surface area contributed by atoms with Crippen molar-refractivity contribution in [2.75, 3.05) is 56.2 Å². The fourth-order valence-corrected chi connectivity index (χ4v) is 7.35. The zero-order valence-electron chi connectivity index (χ0n) is 23.8. The predicted octanol–water partition coefficient (Wildman–Crippen LogP) is 3.89. The average molecular weight is 530 g/mol. The molecule has 1 N–H and O–H groups in total. The van der Waals surface area contributed by atoms with Crippen LogP contribution in [0.25, 0.3) is 0 Å². The number of ether oxygens (including phenoxy) is 1. The second kappa shape index (κ2) is 11.3. The summed E-state index contributed by atoms with van der Waals surface area (Å²) in [5.41, 5.74) is 6.77. The SMILES string of the molecule is CC1Cc2cccc(N3CCc4c(nc(OC[C@@H]5CCCN5C)nc4N4CCN[C@@H](CC#N)C4)C3)c2C(C)C1. The fourth-order valence-electron chi connectivity index (χ4n) is 7.35. The molecule has 2 aromatic rings. The lowest BCUT2D eigenvalue weighted by Gasteiger charge is -2.39. The summed E-state index contributed by atoms with van der Waals surface area (Å²) < 4.78 is 6.32. The summed E-state index contributed by atoms with van der Waals surface area (Å²) >= 11 is 0. The topological polar surface area (TPSA) is 80.6 Å². The molecule has 208 valence electrons. The van der Waals surface area contributed by atoms with Crippen LogP contribution in [0.5, 0.6) is 6.01 Å². The van der Waals surface area contributed by atoms with Gasteiger partial charge in [-0.3, -0.25) is 0 Å². The highest BCUT2D eigenvalue weighted by Crippen LogP contribution is 2.42. The molecule has 4 atom stereocenters. The summed E-state index contributed by atoms with van der Waals surface area (Å²) in [4.78, 5) is 17.3. The zero-order chi connectivity index (χ0) is 26.9. The molecular weight excluding hydrogens is 486 g/mol. The molecular formula is C31H43N7O. The van der Waals surface area contributed by atoms with E-state index in [4.69, 9.17) is 14.7 Å². The molecule has 0 bridgehead atoms. The lowest BCUT2D eigenvalue weighted by molar-refractivity contribution is 0.187. The second-order valence-corrected chi connectivity index (χ2v) is 12.3. The highest BCUT2D eigenvalue weighted by Gasteiger charge is 2.32. The van der Waals surface area contributed by atoms with Gasteiger partial charge in [0.2, 0.25) is 0 Å². The van der Waals surface area contributed by atoms with Crippen LogP contribution >= 0.6 is 0 Å². The van der Waals surface area contributed by atoms with Gasteiger partial charge in [-0.1, -0.05) is 26.0 Å². The first-order valence-electron chi connectivity index (χ1n) is 14.9. The van der Waals surface area contributed by atoms with Crippen molar-refractivity contribution in [2.24, 2.45) is 5.92 Å². The molecule has 1 aromatic heterocycles. The van der Waals surface area contributed by atoms with Crippen molar-refractivity contribution >= 4 is 11.5 Å². The molecule has 8 nitrogen and oxygen atoms in total. The molecule has 4 aliphatic rings. The molecule has 4 heterocycles. The summed E-state index contributed by atoms with van der Waals surface area (Å²) in [6, 6.07) is 10.3. The van der Waals surface area contributed by atoms with Crippen LogP contribution in [0.4, 0.5) is 11.5 Å². The van der Waals surface area contributed by atoms with E-state index < -0.39 is 0 Å². The van der Waals surface area contributed by atoms with E-state index >= 15 is 0 Å². The third-order valence-corrected chi connectivity index (χ3v) is 9.32. The Morgan fingerprint density at radius 2 is 2.05 bits per heavy atom. The van der Waals surface area contributed by atoms with Gasteiger partial charge in [-0.2, -0.15) is 15.2 Å². The van der Waals surface area contributed by atoms with Gasteiger partial charge in [0.15, 0.2) is 0 Å². The van der Waals surface area contributed by atoms with E-state index in [0.29, 0.717) is 31.0 Å². The Morgan fingerprint density at radius 1 is 1.15 bits per heavy atom. The Morgan fingerprint density at radius 3 is 2.87 bits per heavy atom. The van der Waals surface area contributed by atoms with Crippen LogP contribution in [0.2, 0.25) is 0 Å². The first-order valence-corrected chi connectivity index (χ1v) is 14.9. The molecule has 8 heteroatoms. The van der Waals surface area contributed by atoms with Crippen molar-refractivity contribution in [3.05, 3.63) is 40.6 Å². The number of nitrogens with one attached hydrogen (secondary N) is 1. The number of nitriles is 1. The predicted molar refractivity (Wildman–Crippen MR) is 155 cm³/mol. The normalized spacial score (nSPS) is 27.1. The van der Waals surface area contributed by atoms with Crippen molar-refractivity contribution in [1.82, 2.24) is 20.2 Å². The number of piperazine rings is 1. The van der Waals surface area contributed by atoms with Gasteiger partial charge in [-0.25, -0.2) is 0 Å². The van der Waals surface area contributed by atoms with Crippen LogP contribution in [0, 0.1) is 17.2 Å². The number of fused-ring (bicyclic) bond motifs is 2. The van der Waals surface area contributed by atoms with E-state index in [1.807, 2.05) is 0 Å². The first-order chi connectivity index (χ1) is 19.0. The van der Waals surface area contributed by atoms with Crippen molar-refractivity contribution in [1.29, 1.82) is 5.26 Å². The maximum absolute atomic E-state index is 9.30. The lowest BCUT2D eigenvalue weighted by Crippen LogP contribution is -2.51. The van der Waals surface area contributed by atoms with E-state index in [1.54, 1.807) is 0 Å². The van der Waals surface area contributed by atoms with Crippen LogP contribution in [-0.2, 0) is 19.4 Å². The summed E-state index contributed by atoms with van der Waals surface area (Å²) in [7, 11) is 2.18. The number of likely N-dealkylation sites (N-methyl/N-ethyl adjacent to an activating group) is 1. The molecule has 0 radical (unpaired) electrons. The van der Waals surface area contributed by atoms with Crippen molar-refractivity contribution in [3.8, 4) is 12.1 Å². The maximum Gasteiger partial charge on any atom is 0.318 e. The zero-order valence-corrected chi connectivity index (χ0v) is 23.8. The molecule has 0 amide bonds. The molecule has 0 spiro atoms. The molecule has 2 saturated heterocycles. The van der Waals surface area contributed by atoms with Gasteiger partial charge in [0, 0.05) is 49.5 Å². The number of aromatic nitrogens is 2. The number of rotatable bonds is 6. The maximum atomic E-state index is 9.30. The Balaban J connectivity index is 1.31. The van der Waals surface area contributed by atoms with E-state index in [0.717, 1.165) is 69.5 Å². The Bertz CT molecular complexity index is 1230. The smallest absolute Gasteiger partial charge is 0.318 e. The largest absolute Gasteiger partial charge is 0.462 e. The second-order valence-electron chi connectivity index (χ2n) is 12.3. The third-order valence-electron chi connectivity index (χ3n) is 9.32. The number of nitrogens with zero attached hydrogens (tertiary/aromatic N) is 6. The molecule has 0 saturated carbocycles. The minimum Gasteiger partial charge on any atom is -0.462 e. The van der Waals surface area contributed by atoms with Crippen LogP contribution in [0.15, 0.2) is 18.2 Å². The number of anilines is 2. The van der Waals surface area contributed by atoms with Crippen LogP contribution in [0.1, 0.15) is 67.8 Å². The van der Waals surface area contributed by atoms with E-state index in [-0.39, 0.29) is 6.04 Å². The van der Waals surface area contributed by atoms with E-state index in [1.165, 1.54) is 41.6 Å². The average Bonchev–Trinajstić information content (AvgIpc) is 3.35. The van der Waals surface area contributed by atoms with Gasteiger partial charge in [-0.15, -0.1) is 0 Å². The highest BCUT2D eigenvalue weighted by atomic mass is 16.5. The summed E-state index contributed by atoms with van der Waals surface area (Å²) in [5.74, 6) is 2.32. The van der Waals surface area contributed by atoms with Gasteiger partial charge in [-0.05, 0) is 74.7 Å². The van der Waals surface area contributed by atoms with Gasteiger partial charge < -0.3 is 24.8 Å². The summed E-state index contributed by atoms with van der Waals surface area (Å²) in [5, 5.41) is 12.8. The van der Waals surface area contributed by atoms with Crippen LogP contribution in [-0.4, -0.2) is 73.3 Å². The highest BCUT2D eigenvalue weighted by molar-refractivity contribution is 5.62. The fraction of sp³-hybridized carbons (Fsp3) is 0.645. The Kier molecular flexibility index (Phi) is 7.64. The number of benzene rings is 1. The van der Waals surface area contributed by atoms with Crippen molar-refractivity contribution in [3.63, 3.8) is 0 Å². The molecule has 3 aliphatic heterocycles. The Hall–Kier alpha value is -2.89. The third kappa shape index (κ3) is 5.44. The van der Waals surface area contributed by atoms with Crippen molar-refractivity contribution in [2.45, 2.75) is 76.9 Å². The van der Waals surface area contributed by atoms with Gasteiger partial charge in [0.05, 0.1) is 24.7 Å². The van der Waals surface area contributed by atoms with Crippen LogP contribution < -0.4 is 19.9 Å². The van der Waals surface area contributed by atoms with E-state index in [9.17, 15) is 5.26 Å². The number of hydrogen-bond acceptors (Lipinski definition) is 8. The number of likely N-dealkylation sites (tertiary alicyclic amines) is 1. The molecule has 1 aromatic carbocycles. The summed E-state index contributed by atoms with van der Waals surface area (Å²) in [6.07, 6.45) is 6.22. The lowest BCUT2D eigenvalue weighted by atomic mass is 9.77. The van der Waals surface area contributed by atoms with Crippen molar-refractivity contribution < 1.29 is 4.74 Å². The molecule has 1 aliphatic carbocycles. The van der Waals surface area contributed by atoms with Crippen LogP contribution in [0.3, 0.4) is 0 Å². The number of hydrogen-bond donors (Lipinski definition) is 1. The monoisotopic (exact) mass is 529 g/mol. The molecule has 2 unspecified atom stereocenters.